The third kappa shape index (κ3) is 3.70. The number of thioether (sulfide) groups is 1. The third-order valence-electron chi connectivity index (χ3n) is 3.16. The fourth-order valence-corrected chi connectivity index (χ4v) is 3.49. The number of benzene rings is 1. The van der Waals surface area contributed by atoms with E-state index in [4.69, 9.17) is 0 Å². The van der Waals surface area contributed by atoms with Crippen molar-refractivity contribution in [3.05, 3.63) is 34.1 Å². The second-order valence-electron chi connectivity index (χ2n) is 4.59. The molecule has 0 unspecified atom stereocenters. The largest absolute Gasteiger partial charge is 0.299 e. The fourth-order valence-electron chi connectivity index (χ4n) is 2.32. The summed E-state index contributed by atoms with van der Waals surface area (Å²) in [6, 6.07) is 5.30. The predicted octanol–water partition coefficient (Wildman–Crippen LogP) is 3.77. The van der Waals surface area contributed by atoms with Crippen molar-refractivity contribution in [3.63, 3.8) is 0 Å². The third-order valence-corrected chi connectivity index (χ3v) is 4.57. The molecule has 1 atom stereocenters. The average molecular weight is 318 g/mol. The van der Waals surface area contributed by atoms with Crippen LogP contribution in [-0.2, 0) is 6.54 Å². The lowest BCUT2D eigenvalue weighted by molar-refractivity contribution is 0.321. The molecule has 1 nitrogen and oxygen atoms in total. The van der Waals surface area contributed by atoms with E-state index in [1.165, 1.54) is 36.9 Å². The van der Waals surface area contributed by atoms with Gasteiger partial charge in [0, 0.05) is 13.1 Å². The van der Waals surface area contributed by atoms with Gasteiger partial charge in [0.15, 0.2) is 0 Å². The van der Waals surface area contributed by atoms with Gasteiger partial charge in [0.1, 0.15) is 5.82 Å². The first-order valence-corrected chi connectivity index (χ1v) is 8.03. The maximum atomic E-state index is 13.1. The minimum absolute atomic E-state index is 0.185. The molecule has 0 bridgehead atoms. The van der Waals surface area contributed by atoms with Crippen molar-refractivity contribution in [2.75, 3.05) is 25.1 Å². The average Bonchev–Trinajstić information content (AvgIpc) is 2.72. The first-order chi connectivity index (χ1) is 8.19. The van der Waals surface area contributed by atoms with E-state index in [2.05, 4.69) is 27.1 Å². The summed E-state index contributed by atoms with van der Waals surface area (Å²) in [5, 5.41) is 0. The Hall–Kier alpha value is -0.0600. The summed E-state index contributed by atoms with van der Waals surface area (Å²) in [5.74, 6) is 1.90. The molecule has 4 heteroatoms. The van der Waals surface area contributed by atoms with Gasteiger partial charge in [-0.3, -0.25) is 4.90 Å². The van der Waals surface area contributed by atoms with E-state index in [-0.39, 0.29) is 5.82 Å². The molecule has 17 heavy (non-hydrogen) atoms. The van der Waals surface area contributed by atoms with E-state index in [1.807, 2.05) is 23.9 Å². The number of hydrogen-bond donors (Lipinski definition) is 0. The molecule has 0 saturated carbocycles. The topological polar surface area (TPSA) is 3.24 Å². The van der Waals surface area contributed by atoms with E-state index < -0.39 is 0 Å². The molecular weight excluding hydrogens is 301 g/mol. The standard InChI is InChI=1S/C13H17BrFNS/c1-17-9-11-4-5-16(8-11)7-10-2-3-13(15)12(14)6-10/h2-3,6,11H,4-5,7-9H2,1H3/t11-/m0/s1. The highest BCUT2D eigenvalue weighted by Crippen LogP contribution is 2.23. The molecule has 1 fully saturated rings. The Morgan fingerprint density at radius 1 is 1.53 bits per heavy atom. The first kappa shape index (κ1) is 13.4. The molecule has 1 aliphatic heterocycles. The number of likely N-dealkylation sites (tertiary alicyclic amines) is 1. The van der Waals surface area contributed by atoms with E-state index >= 15 is 0 Å². The molecule has 1 saturated heterocycles. The fraction of sp³-hybridized carbons (Fsp3) is 0.538. The van der Waals surface area contributed by atoms with E-state index in [9.17, 15) is 4.39 Å². The summed E-state index contributed by atoms with van der Waals surface area (Å²) < 4.78 is 13.7. The number of hydrogen-bond acceptors (Lipinski definition) is 2. The molecule has 1 aromatic carbocycles. The second kappa shape index (κ2) is 6.21. The van der Waals surface area contributed by atoms with Crippen molar-refractivity contribution in [3.8, 4) is 0 Å². The highest BCUT2D eigenvalue weighted by molar-refractivity contribution is 9.10. The summed E-state index contributed by atoms with van der Waals surface area (Å²) in [6.45, 7) is 3.28. The highest BCUT2D eigenvalue weighted by Gasteiger charge is 2.21. The van der Waals surface area contributed by atoms with Gasteiger partial charge in [0.05, 0.1) is 4.47 Å². The summed E-state index contributed by atoms with van der Waals surface area (Å²) in [7, 11) is 0. The molecule has 2 rings (SSSR count). The van der Waals surface area contributed by atoms with Crippen LogP contribution in [0.3, 0.4) is 0 Å². The molecule has 94 valence electrons. The smallest absolute Gasteiger partial charge is 0.137 e. The Bertz CT molecular complexity index is 386. The Morgan fingerprint density at radius 2 is 2.35 bits per heavy atom. The monoisotopic (exact) mass is 317 g/mol. The molecule has 0 radical (unpaired) electrons. The molecule has 1 heterocycles. The van der Waals surface area contributed by atoms with Gasteiger partial charge in [-0.2, -0.15) is 11.8 Å². The van der Waals surface area contributed by atoms with Crippen LogP contribution >= 0.6 is 27.7 Å². The molecule has 0 N–H and O–H groups in total. The van der Waals surface area contributed by atoms with Gasteiger partial charge in [-0.1, -0.05) is 6.07 Å². The van der Waals surface area contributed by atoms with Crippen LogP contribution in [0.1, 0.15) is 12.0 Å². The van der Waals surface area contributed by atoms with E-state index in [1.54, 1.807) is 0 Å². The van der Waals surface area contributed by atoms with Crippen LogP contribution in [0.25, 0.3) is 0 Å². The Kier molecular flexibility index (Phi) is 4.88. The summed E-state index contributed by atoms with van der Waals surface area (Å²) >= 11 is 5.16. The summed E-state index contributed by atoms with van der Waals surface area (Å²) in [5.41, 5.74) is 1.18. The minimum Gasteiger partial charge on any atom is -0.299 e. The van der Waals surface area contributed by atoms with Crippen molar-refractivity contribution in [1.82, 2.24) is 4.90 Å². The van der Waals surface area contributed by atoms with Gasteiger partial charge in [-0.25, -0.2) is 4.39 Å². The lowest BCUT2D eigenvalue weighted by Crippen LogP contribution is -2.20. The van der Waals surface area contributed by atoms with Crippen molar-refractivity contribution in [1.29, 1.82) is 0 Å². The summed E-state index contributed by atoms with van der Waals surface area (Å²) in [6.07, 6.45) is 3.46. The zero-order valence-corrected chi connectivity index (χ0v) is 12.4. The van der Waals surface area contributed by atoms with Crippen LogP contribution < -0.4 is 0 Å². The van der Waals surface area contributed by atoms with Crippen LogP contribution in [0.2, 0.25) is 0 Å². The highest BCUT2D eigenvalue weighted by atomic mass is 79.9. The van der Waals surface area contributed by atoms with Crippen LogP contribution in [0.4, 0.5) is 4.39 Å². The first-order valence-electron chi connectivity index (χ1n) is 5.84. The maximum absolute atomic E-state index is 13.1. The molecule has 1 aliphatic rings. The van der Waals surface area contributed by atoms with Crippen LogP contribution in [-0.4, -0.2) is 30.0 Å². The molecule has 0 spiro atoms. The maximum Gasteiger partial charge on any atom is 0.137 e. The van der Waals surface area contributed by atoms with Crippen LogP contribution in [0.15, 0.2) is 22.7 Å². The predicted molar refractivity (Wildman–Crippen MR) is 75.9 cm³/mol. The molecule has 0 aliphatic carbocycles. The zero-order valence-electron chi connectivity index (χ0n) is 9.96. The Morgan fingerprint density at radius 3 is 3.06 bits per heavy atom. The van der Waals surface area contributed by atoms with Crippen molar-refractivity contribution in [2.45, 2.75) is 13.0 Å². The molecule has 0 amide bonds. The second-order valence-corrected chi connectivity index (χ2v) is 6.36. The molecule has 1 aromatic rings. The van der Waals surface area contributed by atoms with Gasteiger partial charge >= 0.3 is 0 Å². The van der Waals surface area contributed by atoms with Crippen LogP contribution in [0, 0.1) is 11.7 Å². The normalized spacial score (nSPS) is 21.0. The van der Waals surface area contributed by atoms with Gasteiger partial charge in [0.25, 0.3) is 0 Å². The van der Waals surface area contributed by atoms with E-state index in [0.29, 0.717) is 4.47 Å². The summed E-state index contributed by atoms with van der Waals surface area (Å²) in [4.78, 5) is 2.46. The van der Waals surface area contributed by atoms with Crippen LogP contribution in [0.5, 0.6) is 0 Å². The van der Waals surface area contributed by atoms with Gasteiger partial charge in [-0.05, 0) is 64.5 Å². The lowest BCUT2D eigenvalue weighted by atomic mass is 10.2. The van der Waals surface area contributed by atoms with Gasteiger partial charge < -0.3 is 0 Å². The Labute approximate surface area is 115 Å². The van der Waals surface area contributed by atoms with Crippen molar-refractivity contribution in [2.24, 2.45) is 5.92 Å². The number of nitrogens with zero attached hydrogens (tertiary/aromatic N) is 1. The lowest BCUT2D eigenvalue weighted by Gasteiger charge is -2.16. The molecular formula is C13H17BrFNS. The van der Waals surface area contributed by atoms with Gasteiger partial charge in [0.2, 0.25) is 0 Å². The number of rotatable bonds is 4. The minimum atomic E-state index is -0.185. The van der Waals surface area contributed by atoms with Crippen molar-refractivity contribution < 1.29 is 4.39 Å². The zero-order chi connectivity index (χ0) is 12.3. The van der Waals surface area contributed by atoms with Gasteiger partial charge in [-0.15, -0.1) is 0 Å². The van der Waals surface area contributed by atoms with E-state index in [0.717, 1.165) is 12.5 Å². The molecule has 0 aromatic heterocycles. The number of halogens is 2. The SMILES string of the molecule is CSC[C@H]1CCN(Cc2ccc(F)c(Br)c2)C1. The Balaban J connectivity index is 1.91. The quantitative estimate of drug-likeness (QED) is 0.831. The van der Waals surface area contributed by atoms with Crippen molar-refractivity contribution >= 4 is 27.7 Å².